The van der Waals surface area contributed by atoms with Crippen molar-refractivity contribution in [2.45, 2.75) is 19.9 Å². The summed E-state index contributed by atoms with van der Waals surface area (Å²) in [5.74, 6) is -1.15. The van der Waals surface area contributed by atoms with Gasteiger partial charge < -0.3 is 5.32 Å². The van der Waals surface area contributed by atoms with Crippen LogP contribution in [0, 0.1) is 11.6 Å². The molecule has 1 atom stereocenters. The first-order chi connectivity index (χ1) is 8.63. The van der Waals surface area contributed by atoms with E-state index in [9.17, 15) is 8.78 Å². The Hall–Kier alpha value is -1.33. The van der Waals surface area contributed by atoms with Gasteiger partial charge in [-0.1, -0.05) is 13.0 Å². The number of halogens is 2. The Morgan fingerprint density at radius 2 is 2.00 bits per heavy atom. The average molecular weight is 268 g/mol. The number of benzene rings is 1. The Kier molecular flexibility index (Phi) is 4.04. The zero-order chi connectivity index (χ0) is 13.1. The number of hydrogen-bond acceptors (Lipinski definition) is 3. The molecule has 0 saturated heterocycles. The van der Waals surface area contributed by atoms with Crippen molar-refractivity contribution in [3.8, 4) is 10.6 Å². The zero-order valence-corrected chi connectivity index (χ0v) is 11.0. The molecule has 1 aromatic heterocycles. The van der Waals surface area contributed by atoms with Gasteiger partial charge in [-0.15, -0.1) is 11.3 Å². The topological polar surface area (TPSA) is 24.9 Å². The van der Waals surface area contributed by atoms with Crippen LogP contribution in [0.25, 0.3) is 10.6 Å². The summed E-state index contributed by atoms with van der Waals surface area (Å²) in [6.07, 6.45) is 1.67. The second-order valence-corrected chi connectivity index (χ2v) is 5.01. The summed E-state index contributed by atoms with van der Waals surface area (Å²) in [6, 6.07) is 3.97. The fraction of sp³-hybridized carbons (Fsp3) is 0.308. The van der Waals surface area contributed by atoms with E-state index in [4.69, 9.17) is 0 Å². The monoisotopic (exact) mass is 268 g/mol. The molecule has 0 fully saturated rings. The average Bonchev–Trinajstić information content (AvgIpc) is 2.78. The van der Waals surface area contributed by atoms with E-state index in [1.54, 1.807) is 6.20 Å². The molecule has 1 aromatic carbocycles. The van der Waals surface area contributed by atoms with Crippen molar-refractivity contribution in [1.82, 2.24) is 10.3 Å². The van der Waals surface area contributed by atoms with Gasteiger partial charge in [0.05, 0.1) is 5.56 Å². The van der Waals surface area contributed by atoms with Gasteiger partial charge in [-0.3, -0.25) is 0 Å². The van der Waals surface area contributed by atoms with E-state index in [-0.39, 0.29) is 11.6 Å². The molecule has 0 aliphatic heterocycles. The van der Waals surface area contributed by atoms with Crippen molar-refractivity contribution in [2.75, 3.05) is 6.54 Å². The minimum Gasteiger partial charge on any atom is -0.310 e. The van der Waals surface area contributed by atoms with E-state index < -0.39 is 11.6 Å². The zero-order valence-electron chi connectivity index (χ0n) is 10.2. The van der Waals surface area contributed by atoms with Gasteiger partial charge in [0.15, 0.2) is 0 Å². The molecule has 2 nitrogen and oxygen atoms in total. The van der Waals surface area contributed by atoms with E-state index in [1.165, 1.54) is 29.5 Å². The minimum absolute atomic E-state index is 0.0440. The molecule has 96 valence electrons. The molecule has 0 aliphatic rings. The van der Waals surface area contributed by atoms with Crippen molar-refractivity contribution in [1.29, 1.82) is 0 Å². The number of nitrogens with zero attached hydrogens (tertiary/aromatic N) is 1. The lowest BCUT2D eigenvalue weighted by Gasteiger charge is -2.08. The fourth-order valence-corrected chi connectivity index (χ4v) is 2.70. The number of aromatic nitrogens is 1. The highest BCUT2D eigenvalue weighted by atomic mass is 32.1. The summed E-state index contributed by atoms with van der Waals surface area (Å²) in [4.78, 5) is 5.08. The van der Waals surface area contributed by atoms with Crippen LogP contribution < -0.4 is 5.32 Å². The number of hydrogen-bond donors (Lipinski definition) is 1. The first-order valence-electron chi connectivity index (χ1n) is 5.77. The maximum absolute atomic E-state index is 13.6. The fourth-order valence-electron chi connectivity index (χ4n) is 1.71. The Morgan fingerprint density at radius 3 is 2.61 bits per heavy atom. The van der Waals surface area contributed by atoms with Crippen molar-refractivity contribution in [3.05, 3.63) is 40.9 Å². The highest BCUT2D eigenvalue weighted by molar-refractivity contribution is 7.15. The third-order valence-corrected chi connectivity index (χ3v) is 3.83. The normalized spacial score (nSPS) is 12.7. The van der Waals surface area contributed by atoms with Gasteiger partial charge in [0.2, 0.25) is 0 Å². The van der Waals surface area contributed by atoms with Crippen molar-refractivity contribution in [3.63, 3.8) is 0 Å². The summed E-state index contributed by atoms with van der Waals surface area (Å²) < 4.78 is 27.2. The number of nitrogens with one attached hydrogen (secondary N) is 1. The molecule has 1 N–H and O–H groups in total. The Balaban J connectivity index is 2.35. The predicted octanol–water partition coefficient (Wildman–Crippen LogP) is 3.76. The largest absolute Gasteiger partial charge is 0.310 e. The van der Waals surface area contributed by atoms with Crippen LogP contribution in [-0.4, -0.2) is 11.5 Å². The smallest absolute Gasteiger partial charge is 0.136 e. The standard InChI is InChI=1S/C13H14F2N2S/c1-3-16-8(2)11-7-17-13(18-11)12-9(14)5-4-6-10(12)15/h4-8,16H,3H2,1-2H3. The highest BCUT2D eigenvalue weighted by Crippen LogP contribution is 2.31. The number of rotatable bonds is 4. The van der Waals surface area contributed by atoms with Gasteiger partial charge in [-0.2, -0.15) is 0 Å². The molecule has 0 spiro atoms. The molecular formula is C13H14F2N2S. The van der Waals surface area contributed by atoms with Crippen LogP contribution in [0.2, 0.25) is 0 Å². The summed E-state index contributed by atoms with van der Waals surface area (Å²) >= 11 is 1.31. The molecule has 2 rings (SSSR count). The summed E-state index contributed by atoms with van der Waals surface area (Å²) in [6.45, 7) is 4.84. The molecule has 1 unspecified atom stereocenters. The van der Waals surface area contributed by atoms with Crippen LogP contribution >= 0.6 is 11.3 Å². The van der Waals surface area contributed by atoms with Crippen molar-refractivity contribution in [2.24, 2.45) is 0 Å². The summed E-state index contributed by atoms with van der Waals surface area (Å²) in [5, 5.41) is 3.62. The van der Waals surface area contributed by atoms with Gasteiger partial charge in [-0.25, -0.2) is 13.8 Å². The summed E-state index contributed by atoms with van der Waals surface area (Å²) in [5.41, 5.74) is -0.0440. The first-order valence-corrected chi connectivity index (χ1v) is 6.58. The summed E-state index contributed by atoms with van der Waals surface area (Å²) in [7, 11) is 0. The van der Waals surface area contributed by atoms with Crippen LogP contribution in [-0.2, 0) is 0 Å². The van der Waals surface area contributed by atoms with Crippen molar-refractivity contribution < 1.29 is 8.78 Å². The lowest BCUT2D eigenvalue weighted by atomic mass is 10.2. The molecule has 5 heteroatoms. The molecule has 18 heavy (non-hydrogen) atoms. The molecular weight excluding hydrogens is 254 g/mol. The molecule has 0 radical (unpaired) electrons. The third-order valence-electron chi connectivity index (χ3n) is 2.64. The van der Waals surface area contributed by atoms with Gasteiger partial charge >= 0.3 is 0 Å². The molecule has 0 amide bonds. The van der Waals surface area contributed by atoms with E-state index in [0.29, 0.717) is 5.01 Å². The van der Waals surface area contributed by atoms with Gasteiger partial charge in [0, 0.05) is 17.1 Å². The van der Waals surface area contributed by atoms with E-state index in [1.807, 2.05) is 13.8 Å². The minimum atomic E-state index is -0.577. The van der Waals surface area contributed by atoms with E-state index in [0.717, 1.165) is 11.4 Å². The van der Waals surface area contributed by atoms with Crippen molar-refractivity contribution >= 4 is 11.3 Å². The second-order valence-electron chi connectivity index (χ2n) is 3.94. The molecule has 1 heterocycles. The molecule has 0 aliphatic carbocycles. The maximum Gasteiger partial charge on any atom is 0.136 e. The quantitative estimate of drug-likeness (QED) is 0.913. The highest BCUT2D eigenvalue weighted by Gasteiger charge is 2.16. The maximum atomic E-state index is 13.6. The van der Waals surface area contributed by atoms with Crippen LogP contribution in [0.4, 0.5) is 8.78 Å². The second kappa shape index (κ2) is 5.54. The van der Waals surface area contributed by atoms with Gasteiger partial charge in [0.1, 0.15) is 16.6 Å². The lowest BCUT2D eigenvalue weighted by molar-refractivity contribution is 0.589. The van der Waals surface area contributed by atoms with E-state index >= 15 is 0 Å². The van der Waals surface area contributed by atoms with Crippen LogP contribution in [0.15, 0.2) is 24.4 Å². The number of thiazole rings is 1. The van der Waals surface area contributed by atoms with Crippen LogP contribution in [0.1, 0.15) is 24.8 Å². The molecule has 0 bridgehead atoms. The SMILES string of the molecule is CCNC(C)c1cnc(-c2c(F)cccc2F)s1. The molecule has 0 saturated carbocycles. The van der Waals surface area contributed by atoms with Gasteiger partial charge in [-0.05, 0) is 25.6 Å². The predicted molar refractivity (Wildman–Crippen MR) is 69.6 cm³/mol. The lowest BCUT2D eigenvalue weighted by Crippen LogP contribution is -2.16. The Labute approximate surface area is 109 Å². The van der Waals surface area contributed by atoms with Crippen LogP contribution in [0.3, 0.4) is 0 Å². The Morgan fingerprint density at radius 1 is 1.33 bits per heavy atom. The molecule has 2 aromatic rings. The van der Waals surface area contributed by atoms with Gasteiger partial charge in [0.25, 0.3) is 0 Å². The van der Waals surface area contributed by atoms with E-state index in [2.05, 4.69) is 10.3 Å². The Bertz CT molecular complexity index is 519. The first kappa shape index (κ1) is 13.1. The third kappa shape index (κ3) is 2.57. The van der Waals surface area contributed by atoms with Crippen LogP contribution in [0.5, 0.6) is 0 Å².